The second-order valence-corrected chi connectivity index (χ2v) is 5.44. The van der Waals surface area contributed by atoms with E-state index < -0.39 is 0 Å². The van der Waals surface area contributed by atoms with E-state index in [1.54, 1.807) is 0 Å². The molecule has 0 aliphatic rings. The largest absolute Gasteiger partial charge is 0.261 e. The van der Waals surface area contributed by atoms with Crippen molar-refractivity contribution in [3.63, 3.8) is 0 Å². The summed E-state index contributed by atoms with van der Waals surface area (Å²) >= 11 is 12.4. The van der Waals surface area contributed by atoms with E-state index in [0.29, 0.717) is 0 Å². The first-order valence-electron chi connectivity index (χ1n) is 5.88. The highest BCUT2D eigenvalue weighted by Gasteiger charge is 2.10. The van der Waals surface area contributed by atoms with Gasteiger partial charge in [0.25, 0.3) is 0 Å². The van der Waals surface area contributed by atoms with Crippen LogP contribution in [0.1, 0.15) is 27.8 Å². The van der Waals surface area contributed by atoms with Gasteiger partial charge in [-0.05, 0) is 42.7 Å². The molecule has 1 heterocycles. The average Bonchev–Trinajstić information content (AvgIpc) is 2.35. The van der Waals surface area contributed by atoms with Crippen LogP contribution < -0.4 is 0 Å². The topological polar surface area (TPSA) is 12.9 Å². The summed E-state index contributed by atoms with van der Waals surface area (Å²) in [7, 11) is 0. The lowest BCUT2D eigenvalue weighted by atomic mass is 10.0. The van der Waals surface area contributed by atoms with E-state index >= 15 is 0 Å². The van der Waals surface area contributed by atoms with Gasteiger partial charge in [0.2, 0.25) is 0 Å². The van der Waals surface area contributed by atoms with Crippen LogP contribution in [-0.4, -0.2) is 4.98 Å². The molecule has 0 radical (unpaired) electrons. The van der Waals surface area contributed by atoms with Crippen molar-refractivity contribution in [2.45, 2.75) is 25.6 Å². The number of nitrogens with zero attached hydrogens (tertiary/aromatic N) is 1. The van der Waals surface area contributed by atoms with Gasteiger partial charge in [0.05, 0.1) is 5.38 Å². The standard InChI is InChI=1S/C15H15Cl2N/c1-10-3-5-13(18-9-10)8-15(17)12-4-6-14(16)11(2)7-12/h3-7,9,15H,8H2,1-2H3. The first kappa shape index (κ1) is 13.4. The Kier molecular flexibility index (Phi) is 4.26. The molecule has 0 aliphatic carbocycles. The number of pyridine rings is 1. The Labute approximate surface area is 118 Å². The highest BCUT2D eigenvalue weighted by atomic mass is 35.5. The van der Waals surface area contributed by atoms with E-state index in [2.05, 4.69) is 11.1 Å². The van der Waals surface area contributed by atoms with Crippen molar-refractivity contribution in [3.8, 4) is 0 Å². The number of benzene rings is 1. The lowest BCUT2D eigenvalue weighted by Crippen LogP contribution is -1.98. The van der Waals surface area contributed by atoms with Gasteiger partial charge < -0.3 is 0 Å². The summed E-state index contributed by atoms with van der Waals surface area (Å²) < 4.78 is 0. The molecule has 0 fully saturated rings. The molecule has 0 N–H and O–H groups in total. The number of rotatable bonds is 3. The van der Waals surface area contributed by atoms with Gasteiger partial charge in [-0.15, -0.1) is 11.6 Å². The lowest BCUT2D eigenvalue weighted by Gasteiger charge is -2.11. The minimum Gasteiger partial charge on any atom is -0.261 e. The summed E-state index contributed by atoms with van der Waals surface area (Å²) in [4.78, 5) is 4.37. The number of hydrogen-bond donors (Lipinski definition) is 0. The minimum atomic E-state index is -0.0730. The van der Waals surface area contributed by atoms with Gasteiger partial charge in [0.15, 0.2) is 0 Å². The Morgan fingerprint density at radius 1 is 1.17 bits per heavy atom. The Hall–Kier alpha value is -1.05. The number of aromatic nitrogens is 1. The summed E-state index contributed by atoms with van der Waals surface area (Å²) in [6.45, 7) is 4.01. The molecule has 1 nitrogen and oxygen atoms in total. The molecular weight excluding hydrogens is 265 g/mol. The summed E-state index contributed by atoms with van der Waals surface area (Å²) in [5, 5.41) is 0.701. The second kappa shape index (κ2) is 5.73. The van der Waals surface area contributed by atoms with Gasteiger partial charge in [-0.1, -0.05) is 29.8 Å². The van der Waals surface area contributed by atoms with Gasteiger partial charge in [0.1, 0.15) is 0 Å². The van der Waals surface area contributed by atoms with Gasteiger partial charge in [-0.25, -0.2) is 0 Å². The smallest absolute Gasteiger partial charge is 0.0640 e. The Bertz CT molecular complexity index is 535. The molecule has 1 aromatic heterocycles. The first-order chi connectivity index (χ1) is 8.56. The average molecular weight is 280 g/mol. The fourth-order valence-electron chi connectivity index (χ4n) is 1.78. The van der Waals surface area contributed by atoms with Crippen molar-refractivity contribution in [1.29, 1.82) is 0 Å². The maximum absolute atomic E-state index is 6.42. The third-order valence-corrected chi connectivity index (χ3v) is 3.74. The molecule has 0 spiro atoms. The van der Waals surface area contributed by atoms with E-state index in [1.807, 2.05) is 44.3 Å². The van der Waals surface area contributed by atoms with Crippen LogP contribution in [0.15, 0.2) is 36.5 Å². The molecular formula is C15H15Cl2N. The van der Waals surface area contributed by atoms with Crippen molar-refractivity contribution in [2.75, 3.05) is 0 Å². The van der Waals surface area contributed by atoms with E-state index in [9.17, 15) is 0 Å². The highest BCUT2D eigenvalue weighted by molar-refractivity contribution is 6.31. The van der Waals surface area contributed by atoms with Crippen LogP contribution in [0.2, 0.25) is 5.02 Å². The molecule has 1 aromatic carbocycles. The van der Waals surface area contributed by atoms with E-state index in [0.717, 1.165) is 33.8 Å². The summed E-state index contributed by atoms with van der Waals surface area (Å²) in [6, 6.07) is 9.98. The highest BCUT2D eigenvalue weighted by Crippen LogP contribution is 2.27. The molecule has 18 heavy (non-hydrogen) atoms. The SMILES string of the molecule is Cc1ccc(CC(Cl)c2ccc(Cl)c(C)c2)nc1. The maximum Gasteiger partial charge on any atom is 0.0640 e. The zero-order valence-electron chi connectivity index (χ0n) is 10.5. The zero-order valence-corrected chi connectivity index (χ0v) is 12.0. The molecule has 0 saturated carbocycles. The van der Waals surface area contributed by atoms with Gasteiger partial charge in [0, 0.05) is 23.3 Å². The molecule has 0 aliphatic heterocycles. The van der Waals surface area contributed by atoms with Crippen LogP contribution in [0.5, 0.6) is 0 Å². The van der Waals surface area contributed by atoms with Crippen molar-refractivity contribution >= 4 is 23.2 Å². The zero-order chi connectivity index (χ0) is 13.1. The monoisotopic (exact) mass is 279 g/mol. The molecule has 0 saturated heterocycles. The molecule has 94 valence electrons. The Morgan fingerprint density at radius 3 is 2.56 bits per heavy atom. The first-order valence-corrected chi connectivity index (χ1v) is 6.69. The molecule has 0 amide bonds. The Balaban J connectivity index is 2.13. The number of halogens is 2. The van der Waals surface area contributed by atoms with Crippen LogP contribution in [0.3, 0.4) is 0 Å². The number of hydrogen-bond acceptors (Lipinski definition) is 1. The summed E-state index contributed by atoms with van der Waals surface area (Å²) in [5.74, 6) is 0. The van der Waals surface area contributed by atoms with Crippen LogP contribution in [0.25, 0.3) is 0 Å². The van der Waals surface area contributed by atoms with Crippen molar-refractivity contribution in [3.05, 3.63) is 63.9 Å². The quantitative estimate of drug-likeness (QED) is 0.730. The lowest BCUT2D eigenvalue weighted by molar-refractivity contribution is 0.877. The number of alkyl halides is 1. The third-order valence-electron chi connectivity index (χ3n) is 2.90. The van der Waals surface area contributed by atoms with Crippen molar-refractivity contribution < 1.29 is 0 Å². The fourth-order valence-corrected chi connectivity index (χ4v) is 2.19. The third kappa shape index (κ3) is 3.24. The molecule has 0 bridgehead atoms. The van der Waals surface area contributed by atoms with Gasteiger partial charge in [-0.2, -0.15) is 0 Å². The molecule has 1 unspecified atom stereocenters. The van der Waals surface area contributed by atoms with Crippen LogP contribution in [-0.2, 0) is 6.42 Å². The molecule has 2 aromatic rings. The predicted octanol–water partition coefficient (Wildman–Crippen LogP) is 4.87. The van der Waals surface area contributed by atoms with Gasteiger partial charge >= 0.3 is 0 Å². The summed E-state index contributed by atoms with van der Waals surface area (Å²) in [5.41, 5.74) is 4.30. The van der Waals surface area contributed by atoms with E-state index in [1.165, 1.54) is 0 Å². The van der Waals surface area contributed by atoms with E-state index in [-0.39, 0.29) is 5.38 Å². The van der Waals surface area contributed by atoms with Crippen LogP contribution in [0, 0.1) is 13.8 Å². The molecule has 3 heteroatoms. The second-order valence-electron chi connectivity index (χ2n) is 4.51. The predicted molar refractivity (Wildman–Crippen MR) is 77.5 cm³/mol. The maximum atomic E-state index is 6.42. The van der Waals surface area contributed by atoms with Gasteiger partial charge in [-0.3, -0.25) is 4.98 Å². The Morgan fingerprint density at radius 2 is 1.94 bits per heavy atom. The molecule has 2 rings (SSSR count). The fraction of sp³-hybridized carbons (Fsp3) is 0.267. The molecule has 1 atom stereocenters. The van der Waals surface area contributed by atoms with Crippen molar-refractivity contribution in [1.82, 2.24) is 4.98 Å². The summed E-state index contributed by atoms with van der Waals surface area (Å²) in [6.07, 6.45) is 2.59. The minimum absolute atomic E-state index is 0.0730. The van der Waals surface area contributed by atoms with Crippen LogP contribution >= 0.6 is 23.2 Å². The van der Waals surface area contributed by atoms with E-state index in [4.69, 9.17) is 23.2 Å². The van der Waals surface area contributed by atoms with Crippen LogP contribution in [0.4, 0.5) is 0 Å². The van der Waals surface area contributed by atoms with Crippen molar-refractivity contribution in [2.24, 2.45) is 0 Å². The normalized spacial score (nSPS) is 12.4. The number of aryl methyl sites for hydroxylation is 2.